The zero-order chi connectivity index (χ0) is 22.2. The Morgan fingerprint density at radius 2 is 2.07 bits per heavy atom. The zero-order valence-electron chi connectivity index (χ0n) is 17.9. The number of ether oxygens (including phenoxy) is 2. The molecule has 2 heterocycles. The van der Waals surface area contributed by atoms with Crippen LogP contribution in [0.2, 0.25) is 18.1 Å². The van der Waals surface area contributed by atoms with Crippen molar-refractivity contribution in [3.05, 3.63) is 18.2 Å². The fourth-order valence-corrected chi connectivity index (χ4v) is 5.13. The van der Waals surface area contributed by atoms with Gasteiger partial charge in [-0.3, -0.25) is 9.59 Å². The van der Waals surface area contributed by atoms with Gasteiger partial charge in [0.05, 0.1) is 31.3 Å². The van der Waals surface area contributed by atoms with E-state index in [1.165, 1.54) is 6.08 Å². The number of hydrogen-bond acceptors (Lipinski definition) is 7. The van der Waals surface area contributed by atoms with Gasteiger partial charge in [-0.1, -0.05) is 26.8 Å². The Balaban J connectivity index is 2.23. The Bertz CT molecular complexity index is 742. The summed E-state index contributed by atoms with van der Waals surface area (Å²) in [6, 6.07) is -0.727. The minimum Gasteiger partial charge on any atom is -0.413 e. The van der Waals surface area contributed by atoms with E-state index in [1.807, 2.05) is 6.92 Å². The van der Waals surface area contributed by atoms with Crippen LogP contribution >= 0.6 is 12.6 Å². The summed E-state index contributed by atoms with van der Waals surface area (Å²) in [7, 11) is -2.14. The smallest absolute Gasteiger partial charge is 0.228 e. The lowest BCUT2D eigenvalue weighted by molar-refractivity contribution is -0.163. The molecule has 2 aliphatic heterocycles. The number of Topliss-reactive ketones (excluding diaryl/α,β-unsaturated/α-hetero) is 1. The highest BCUT2D eigenvalue weighted by molar-refractivity contribution is 7.82. The van der Waals surface area contributed by atoms with E-state index < -0.39 is 43.2 Å². The number of carbonyl (C=O) groups excluding carboxylic acids is 3. The average Bonchev–Trinajstić information content (AvgIpc) is 2.59. The maximum absolute atomic E-state index is 13.0. The van der Waals surface area contributed by atoms with Gasteiger partial charge in [-0.2, -0.15) is 0 Å². The summed E-state index contributed by atoms with van der Waals surface area (Å²) in [4.78, 5) is 35.2. The third-order valence-electron chi connectivity index (χ3n) is 6.05. The minimum atomic E-state index is -2.14. The van der Waals surface area contributed by atoms with Gasteiger partial charge in [0.25, 0.3) is 0 Å². The first-order valence-corrected chi connectivity index (χ1v) is 13.0. The highest BCUT2D eigenvalue weighted by Gasteiger charge is 2.61. The van der Waals surface area contributed by atoms with Crippen LogP contribution in [-0.2, 0) is 28.3 Å². The van der Waals surface area contributed by atoms with Gasteiger partial charge >= 0.3 is 0 Å². The van der Waals surface area contributed by atoms with Gasteiger partial charge in [0, 0.05) is 0 Å². The largest absolute Gasteiger partial charge is 0.413 e. The molecular formula is C20H31NO6SSi. The van der Waals surface area contributed by atoms with Crippen LogP contribution < -0.4 is 5.32 Å². The summed E-state index contributed by atoms with van der Waals surface area (Å²) in [6.45, 7) is 16.0. The number of hydrogen-bond donors (Lipinski definition) is 2. The number of thiol groups is 1. The second-order valence-corrected chi connectivity index (χ2v) is 14.5. The van der Waals surface area contributed by atoms with Crippen LogP contribution in [0.1, 0.15) is 27.7 Å². The van der Waals surface area contributed by atoms with Gasteiger partial charge in [0.15, 0.2) is 13.3 Å². The average molecular weight is 442 g/mol. The topological polar surface area (TPSA) is 90.9 Å². The summed E-state index contributed by atoms with van der Waals surface area (Å²) < 4.78 is 17.5. The number of ketones is 1. The molecule has 0 bridgehead atoms. The van der Waals surface area contributed by atoms with Gasteiger partial charge < -0.3 is 19.2 Å². The lowest BCUT2D eigenvalue weighted by Crippen LogP contribution is -2.74. The molecule has 2 rings (SSSR count). The van der Waals surface area contributed by atoms with Crippen LogP contribution in [0.4, 0.5) is 0 Å². The summed E-state index contributed by atoms with van der Waals surface area (Å²) >= 11 is 4.47. The highest BCUT2D eigenvalue weighted by atomic mass is 32.1. The summed E-state index contributed by atoms with van der Waals surface area (Å²) in [5, 5.41) is 2.68. The molecule has 0 saturated carbocycles. The van der Waals surface area contributed by atoms with Crippen LogP contribution in [0, 0.1) is 5.92 Å². The van der Waals surface area contributed by atoms with Crippen molar-refractivity contribution in [3.63, 3.8) is 0 Å². The molecule has 2 saturated heterocycles. The van der Waals surface area contributed by atoms with E-state index in [4.69, 9.17) is 13.9 Å². The zero-order valence-corrected chi connectivity index (χ0v) is 19.8. The van der Waals surface area contributed by atoms with Gasteiger partial charge in [-0.15, -0.1) is 19.2 Å². The molecule has 0 radical (unpaired) electrons. The molecule has 2 fully saturated rings. The SMILES string of the molecule is C=CCO[C@@H]1CO[C@](S)([C@H]2NC(=O)[C@@H]2[C@@H](C)O[Si](C)(C)C(C)(C)C)C(=O)C1=C=O. The minimum absolute atomic E-state index is 0.0318. The van der Waals surface area contributed by atoms with Crippen molar-refractivity contribution in [1.82, 2.24) is 5.32 Å². The maximum Gasteiger partial charge on any atom is 0.228 e. The Morgan fingerprint density at radius 3 is 2.55 bits per heavy atom. The first kappa shape index (κ1) is 24.1. The lowest BCUT2D eigenvalue weighted by atomic mass is 9.78. The predicted molar refractivity (Wildman–Crippen MR) is 115 cm³/mol. The molecular weight excluding hydrogens is 410 g/mol. The van der Waals surface area contributed by atoms with Crippen molar-refractivity contribution in [2.24, 2.45) is 5.92 Å². The van der Waals surface area contributed by atoms with E-state index in [-0.39, 0.29) is 29.7 Å². The van der Waals surface area contributed by atoms with E-state index >= 15 is 0 Å². The fraction of sp³-hybridized carbons (Fsp3) is 0.700. The maximum atomic E-state index is 13.0. The highest BCUT2D eigenvalue weighted by Crippen LogP contribution is 2.43. The number of rotatable bonds is 7. The van der Waals surface area contributed by atoms with Crippen LogP contribution in [0.3, 0.4) is 0 Å². The van der Waals surface area contributed by atoms with Gasteiger partial charge in [0.2, 0.25) is 11.7 Å². The number of β-lactam (4-membered cyclic amide) rings is 1. The summed E-state index contributed by atoms with van der Waals surface area (Å²) in [5.41, 5.74) is -0.175. The Hall–Kier alpha value is -1.22. The summed E-state index contributed by atoms with van der Waals surface area (Å²) in [6.07, 6.45) is 0.235. The van der Waals surface area contributed by atoms with Crippen LogP contribution in [0.25, 0.3) is 0 Å². The molecule has 0 unspecified atom stereocenters. The number of carbonyl (C=O) groups is 2. The molecule has 162 valence electrons. The van der Waals surface area contributed by atoms with Crippen LogP contribution in [-0.4, -0.2) is 62.3 Å². The van der Waals surface area contributed by atoms with Gasteiger partial charge in [0.1, 0.15) is 17.6 Å². The predicted octanol–water partition coefficient (Wildman–Crippen LogP) is 2.07. The number of amides is 1. The van der Waals surface area contributed by atoms with E-state index in [1.54, 1.807) is 5.94 Å². The van der Waals surface area contributed by atoms with Crippen LogP contribution in [0.5, 0.6) is 0 Å². The van der Waals surface area contributed by atoms with Gasteiger partial charge in [-0.05, 0) is 25.1 Å². The standard InChI is InChI=1S/C20H31NO6SSi/c1-8-9-25-14-11-26-20(28,17(23)13(14)10-22)16-15(18(24)21-16)12(2)27-29(6,7)19(3,4)5/h8,12,14-16,28H,1,9,11H2,2-7H3,(H,21,24)/t12-,14-,15-,16+,20+/m1/s1. The van der Waals surface area contributed by atoms with E-state index in [0.717, 1.165) is 0 Å². The molecule has 0 aliphatic carbocycles. The molecule has 0 aromatic carbocycles. The van der Waals surface area contributed by atoms with Gasteiger partial charge in [-0.25, -0.2) is 4.79 Å². The number of nitrogens with one attached hydrogen (secondary N) is 1. The van der Waals surface area contributed by atoms with E-state index in [0.29, 0.717) is 0 Å². The van der Waals surface area contributed by atoms with Crippen molar-refractivity contribution in [3.8, 4) is 0 Å². The second kappa shape index (κ2) is 8.49. The van der Waals surface area contributed by atoms with Crippen molar-refractivity contribution in [2.45, 2.75) is 69.0 Å². The molecule has 5 atom stereocenters. The van der Waals surface area contributed by atoms with Crippen molar-refractivity contribution in [2.75, 3.05) is 13.2 Å². The van der Waals surface area contributed by atoms with Crippen molar-refractivity contribution >= 4 is 38.6 Å². The van der Waals surface area contributed by atoms with Crippen molar-refractivity contribution < 1.29 is 28.3 Å². The quantitative estimate of drug-likeness (QED) is 0.157. The molecule has 1 N–H and O–H groups in total. The van der Waals surface area contributed by atoms with Crippen molar-refractivity contribution in [1.29, 1.82) is 0 Å². The molecule has 0 spiro atoms. The first-order chi connectivity index (χ1) is 13.3. The molecule has 0 aromatic heterocycles. The molecule has 0 aromatic rings. The Kier molecular flexibility index (Phi) is 7.04. The Morgan fingerprint density at radius 1 is 1.45 bits per heavy atom. The van der Waals surface area contributed by atoms with E-state index in [9.17, 15) is 14.4 Å². The normalized spacial score (nSPS) is 31.6. The molecule has 29 heavy (non-hydrogen) atoms. The fourth-order valence-electron chi connectivity index (χ4n) is 3.28. The molecule has 1 amide bonds. The first-order valence-electron chi connectivity index (χ1n) is 9.67. The monoisotopic (exact) mass is 441 g/mol. The van der Waals surface area contributed by atoms with E-state index in [2.05, 4.69) is 58.4 Å². The third kappa shape index (κ3) is 4.45. The molecule has 2 aliphatic rings. The van der Waals surface area contributed by atoms with Crippen LogP contribution in [0.15, 0.2) is 18.2 Å². The summed E-state index contributed by atoms with van der Waals surface area (Å²) in [5.74, 6) is 0.178. The third-order valence-corrected chi connectivity index (χ3v) is 11.2. The lowest BCUT2D eigenvalue weighted by Gasteiger charge is -2.51. The Labute approximate surface area is 178 Å². The molecule has 9 heteroatoms. The second-order valence-electron chi connectivity index (χ2n) is 9.06. The molecule has 7 nitrogen and oxygen atoms in total.